The van der Waals surface area contributed by atoms with Crippen molar-refractivity contribution in [3.8, 4) is 5.75 Å². The maximum absolute atomic E-state index is 11.6. The summed E-state index contributed by atoms with van der Waals surface area (Å²) in [4.78, 5) is 16.2. The zero-order valence-electron chi connectivity index (χ0n) is 17.2. The van der Waals surface area contributed by atoms with Crippen molar-refractivity contribution in [1.82, 2.24) is 16.0 Å². The number of carbonyl (C=O) groups is 1. The predicted octanol–water partition coefficient (Wildman–Crippen LogP) is 1.85. The van der Waals surface area contributed by atoms with E-state index in [1.54, 1.807) is 7.11 Å². The lowest BCUT2D eigenvalue weighted by molar-refractivity contribution is -0.123. The molecule has 1 amide bonds. The molecule has 0 aromatic heterocycles. The first-order chi connectivity index (χ1) is 13.0. The molecular weight excluding hydrogens is 344 g/mol. The van der Waals surface area contributed by atoms with Crippen LogP contribution < -0.4 is 20.7 Å². The van der Waals surface area contributed by atoms with Crippen molar-refractivity contribution in [1.29, 1.82) is 0 Å². The number of nitrogens with one attached hydrogen (secondary N) is 3. The molecule has 0 heterocycles. The lowest BCUT2D eigenvalue weighted by Gasteiger charge is -2.14. The monoisotopic (exact) mass is 378 g/mol. The molecule has 7 nitrogen and oxygen atoms in total. The number of ether oxygens (including phenoxy) is 2. The lowest BCUT2D eigenvalue weighted by atomic mass is 10.1. The van der Waals surface area contributed by atoms with Crippen molar-refractivity contribution in [3.05, 3.63) is 29.3 Å². The highest BCUT2D eigenvalue weighted by atomic mass is 16.5. The number of carbonyl (C=O) groups excluding carboxylic acids is 1. The summed E-state index contributed by atoms with van der Waals surface area (Å²) in [5.74, 6) is 1.58. The quantitative estimate of drug-likeness (QED) is 0.311. The van der Waals surface area contributed by atoms with Gasteiger partial charge in [0.05, 0.1) is 13.2 Å². The fourth-order valence-corrected chi connectivity index (χ4v) is 2.24. The maximum Gasteiger partial charge on any atom is 0.222 e. The van der Waals surface area contributed by atoms with Gasteiger partial charge in [-0.3, -0.25) is 4.79 Å². The minimum absolute atomic E-state index is 0.00929. The van der Waals surface area contributed by atoms with E-state index in [-0.39, 0.29) is 11.8 Å². The molecule has 0 fully saturated rings. The molecule has 27 heavy (non-hydrogen) atoms. The summed E-state index contributed by atoms with van der Waals surface area (Å²) in [7, 11) is 1.66. The zero-order valence-corrected chi connectivity index (χ0v) is 17.2. The molecule has 0 radical (unpaired) electrons. The van der Waals surface area contributed by atoms with Crippen molar-refractivity contribution >= 4 is 11.9 Å². The molecule has 0 bridgehead atoms. The first kappa shape index (κ1) is 22.8. The highest BCUT2D eigenvalue weighted by Crippen LogP contribution is 2.21. The average molecular weight is 379 g/mol. The summed E-state index contributed by atoms with van der Waals surface area (Å²) in [6.07, 6.45) is 0. The number of methoxy groups -OCH3 is 1. The number of benzene rings is 1. The molecule has 1 aromatic carbocycles. The Morgan fingerprint density at radius 2 is 1.89 bits per heavy atom. The second kappa shape index (κ2) is 13.0. The number of nitrogens with zero attached hydrogens (tertiary/aromatic N) is 1. The Bertz CT molecular complexity index is 603. The average Bonchev–Trinajstić information content (AvgIpc) is 2.64. The van der Waals surface area contributed by atoms with Gasteiger partial charge in [0.1, 0.15) is 12.4 Å². The number of rotatable bonds is 11. The molecule has 0 saturated heterocycles. The van der Waals surface area contributed by atoms with Crippen LogP contribution in [-0.2, 0) is 16.1 Å². The van der Waals surface area contributed by atoms with Crippen LogP contribution in [0.5, 0.6) is 5.75 Å². The fourth-order valence-electron chi connectivity index (χ4n) is 2.24. The Kier molecular flexibility index (Phi) is 10.9. The van der Waals surface area contributed by atoms with Crippen molar-refractivity contribution < 1.29 is 14.3 Å². The lowest BCUT2D eigenvalue weighted by Crippen LogP contribution is -2.42. The third-order valence-electron chi connectivity index (χ3n) is 3.76. The molecule has 0 saturated carbocycles. The Hall–Kier alpha value is -2.28. The van der Waals surface area contributed by atoms with Gasteiger partial charge in [0.25, 0.3) is 0 Å². The van der Waals surface area contributed by atoms with Gasteiger partial charge in [0.2, 0.25) is 5.91 Å². The second-order valence-electron chi connectivity index (χ2n) is 6.52. The van der Waals surface area contributed by atoms with Gasteiger partial charge in [0, 0.05) is 38.2 Å². The van der Waals surface area contributed by atoms with Crippen molar-refractivity contribution in [3.63, 3.8) is 0 Å². The molecule has 0 aliphatic heterocycles. The largest absolute Gasteiger partial charge is 0.491 e. The van der Waals surface area contributed by atoms with Gasteiger partial charge in [-0.25, -0.2) is 4.99 Å². The van der Waals surface area contributed by atoms with Crippen LogP contribution in [0.15, 0.2) is 23.2 Å². The van der Waals surface area contributed by atoms with Crippen molar-refractivity contribution in [2.24, 2.45) is 10.9 Å². The van der Waals surface area contributed by atoms with E-state index in [1.165, 1.54) is 0 Å². The van der Waals surface area contributed by atoms with Crippen LogP contribution in [0, 0.1) is 12.8 Å². The molecule has 1 aromatic rings. The fraction of sp³-hybridized carbons (Fsp3) is 0.600. The number of guanidine groups is 1. The van der Waals surface area contributed by atoms with Crippen LogP contribution >= 0.6 is 0 Å². The number of aliphatic imine (C=N–C) groups is 1. The molecule has 3 N–H and O–H groups in total. The smallest absolute Gasteiger partial charge is 0.222 e. The van der Waals surface area contributed by atoms with Gasteiger partial charge in [-0.05, 0) is 25.5 Å². The van der Waals surface area contributed by atoms with Gasteiger partial charge in [0.15, 0.2) is 5.96 Å². The molecule has 1 rings (SSSR count). The van der Waals surface area contributed by atoms with Gasteiger partial charge in [-0.1, -0.05) is 26.0 Å². The molecule has 7 heteroatoms. The number of hydrogen-bond acceptors (Lipinski definition) is 4. The second-order valence-corrected chi connectivity index (χ2v) is 6.52. The normalized spacial score (nSPS) is 11.4. The zero-order chi connectivity index (χ0) is 20.1. The maximum atomic E-state index is 11.6. The van der Waals surface area contributed by atoms with E-state index in [1.807, 2.05) is 39.8 Å². The molecule has 0 aliphatic carbocycles. The van der Waals surface area contributed by atoms with Gasteiger partial charge >= 0.3 is 0 Å². The van der Waals surface area contributed by atoms with Crippen LogP contribution in [0.2, 0.25) is 0 Å². The summed E-state index contributed by atoms with van der Waals surface area (Å²) >= 11 is 0. The van der Waals surface area contributed by atoms with Crippen LogP contribution in [0.4, 0.5) is 0 Å². The number of aryl methyl sites for hydroxylation is 1. The molecule has 0 spiro atoms. The van der Waals surface area contributed by atoms with Gasteiger partial charge in [-0.2, -0.15) is 0 Å². The first-order valence-corrected chi connectivity index (χ1v) is 9.49. The van der Waals surface area contributed by atoms with E-state index in [9.17, 15) is 4.79 Å². The van der Waals surface area contributed by atoms with Crippen molar-refractivity contribution in [2.45, 2.75) is 34.2 Å². The van der Waals surface area contributed by atoms with Crippen LogP contribution in [0.3, 0.4) is 0 Å². The Morgan fingerprint density at radius 1 is 1.15 bits per heavy atom. The van der Waals surface area contributed by atoms with E-state index >= 15 is 0 Å². The van der Waals surface area contributed by atoms with E-state index in [0.29, 0.717) is 38.8 Å². The topological polar surface area (TPSA) is 84.0 Å². The Morgan fingerprint density at radius 3 is 2.56 bits per heavy atom. The van der Waals surface area contributed by atoms with Crippen LogP contribution in [0.1, 0.15) is 31.9 Å². The molecule has 0 aliphatic rings. The molecule has 0 atom stereocenters. The highest BCUT2D eigenvalue weighted by molar-refractivity contribution is 5.80. The Labute approximate surface area is 162 Å². The predicted molar refractivity (Wildman–Crippen MR) is 109 cm³/mol. The van der Waals surface area contributed by atoms with E-state index < -0.39 is 0 Å². The van der Waals surface area contributed by atoms with Gasteiger partial charge in [-0.15, -0.1) is 0 Å². The van der Waals surface area contributed by atoms with E-state index in [4.69, 9.17) is 9.47 Å². The SMILES string of the molecule is CCNC(=NCc1ccc(C)cc1OCCOC)NCCNC(=O)C(C)C. The Balaban J connectivity index is 2.64. The number of hydrogen-bond donors (Lipinski definition) is 3. The van der Waals surface area contributed by atoms with Crippen LogP contribution in [-0.4, -0.2) is 51.8 Å². The van der Waals surface area contributed by atoms with E-state index in [0.717, 1.165) is 23.4 Å². The molecular formula is C20H34N4O3. The summed E-state index contributed by atoms with van der Waals surface area (Å²) in [5.41, 5.74) is 2.16. The third kappa shape index (κ3) is 9.28. The summed E-state index contributed by atoms with van der Waals surface area (Å²) < 4.78 is 10.9. The van der Waals surface area contributed by atoms with Gasteiger partial charge < -0.3 is 25.4 Å². The summed E-state index contributed by atoms with van der Waals surface area (Å²) in [5, 5.41) is 9.33. The molecule has 152 valence electrons. The van der Waals surface area contributed by atoms with Crippen LogP contribution in [0.25, 0.3) is 0 Å². The standard InChI is InChI=1S/C20H34N4O3/c1-6-21-20(23-10-9-22-19(25)15(2)3)24-14-17-8-7-16(4)13-18(17)27-12-11-26-5/h7-8,13,15H,6,9-12,14H2,1-5H3,(H,22,25)(H2,21,23,24). The summed E-state index contributed by atoms with van der Waals surface area (Å²) in [6.45, 7) is 11.3. The van der Waals surface area contributed by atoms with Crippen molar-refractivity contribution in [2.75, 3.05) is 40.0 Å². The van der Waals surface area contributed by atoms with E-state index in [2.05, 4.69) is 27.0 Å². The first-order valence-electron chi connectivity index (χ1n) is 9.49. The minimum atomic E-state index is -0.00929. The minimum Gasteiger partial charge on any atom is -0.491 e. The summed E-state index contributed by atoms with van der Waals surface area (Å²) in [6, 6.07) is 6.10. The number of amides is 1. The molecule has 0 unspecified atom stereocenters. The highest BCUT2D eigenvalue weighted by Gasteiger charge is 2.07. The third-order valence-corrected chi connectivity index (χ3v) is 3.76.